The van der Waals surface area contributed by atoms with Crippen molar-refractivity contribution in [2.24, 2.45) is 12.0 Å². The lowest BCUT2D eigenvalue weighted by Gasteiger charge is -2.02. The van der Waals surface area contributed by atoms with Crippen LogP contribution in [0.5, 0.6) is 0 Å². The van der Waals surface area contributed by atoms with E-state index >= 15 is 0 Å². The highest BCUT2D eigenvalue weighted by Crippen LogP contribution is 2.21. The van der Waals surface area contributed by atoms with Gasteiger partial charge in [-0.3, -0.25) is 4.79 Å². The van der Waals surface area contributed by atoms with Crippen LogP contribution in [0.2, 0.25) is 0 Å². The number of rotatable bonds is 2. The van der Waals surface area contributed by atoms with Gasteiger partial charge in [0, 0.05) is 12.4 Å². The third-order valence-electron chi connectivity index (χ3n) is 4.36. The molecular weight excluding hydrogens is 348 g/mol. The molecule has 1 amide bonds. The molecule has 0 aliphatic rings. The molecule has 0 aliphatic heterocycles. The van der Waals surface area contributed by atoms with Crippen molar-refractivity contribution in [3.63, 3.8) is 0 Å². The van der Waals surface area contributed by atoms with E-state index in [0.29, 0.717) is 15.8 Å². The topological polar surface area (TPSA) is 64.6 Å². The van der Waals surface area contributed by atoms with Crippen LogP contribution in [0.15, 0.2) is 62.7 Å². The Morgan fingerprint density at radius 3 is 2.81 bits per heavy atom. The molecule has 26 heavy (non-hydrogen) atoms. The lowest BCUT2D eigenvalue weighted by molar-refractivity contribution is 0.0994. The molecule has 4 rings (SSSR count). The normalized spacial score (nSPS) is 12.2. The van der Waals surface area contributed by atoms with Gasteiger partial charge in [-0.25, -0.2) is 4.79 Å². The second-order valence-electron chi connectivity index (χ2n) is 5.96. The lowest BCUT2D eigenvalue weighted by atomic mass is 10.1. The second-order valence-corrected chi connectivity index (χ2v) is 6.97. The molecule has 5 nitrogen and oxygen atoms in total. The largest absolute Gasteiger partial charge is 0.422 e. The van der Waals surface area contributed by atoms with Gasteiger partial charge in [0.1, 0.15) is 11.1 Å². The maximum atomic E-state index is 12.6. The van der Waals surface area contributed by atoms with Crippen LogP contribution >= 0.6 is 11.3 Å². The number of carbonyl (C=O) groups is 1. The summed E-state index contributed by atoms with van der Waals surface area (Å²) in [7, 11) is 1.88. The van der Waals surface area contributed by atoms with Gasteiger partial charge >= 0.3 is 5.63 Å². The highest BCUT2D eigenvalue weighted by Gasteiger charge is 2.14. The van der Waals surface area contributed by atoms with Crippen LogP contribution in [0, 0.1) is 0 Å². The van der Waals surface area contributed by atoms with E-state index < -0.39 is 11.5 Å². The monoisotopic (exact) mass is 364 g/mol. The van der Waals surface area contributed by atoms with E-state index in [1.165, 1.54) is 23.0 Å². The van der Waals surface area contributed by atoms with Gasteiger partial charge in [0.2, 0.25) is 0 Å². The molecule has 0 aliphatic carbocycles. The molecule has 2 aromatic heterocycles. The van der Waals surface area contributed by atoms with Crippen molar-refractivity contribution in [1.82, 2.24) is 4.57 Å². The van der Waals surface area contributed by atoms with Crippen LogP contribution in [-0.4, -0.2) is 10.5 Å². The molecule has 0 saturated carbocycles. The Bertz CT molecular complexity index is 1280. The number of amides is 1. The van der Waals surface area contributed by atoms with Crippen molar-refractivity contribution in [3.8, 4) is 0 Å². The molecule has 0 bridgehead atoms. The van der Waals surface area contributed by atoms with E-state index in [2.05, 4.69) is 18.0 Å². The van der Waals surface area contributed by atoms with Crippen LogP contribution in [0.25, 0.3) is 21.2 Å². The standard InChI is InChI=1S/C20H16N2O3S/c1-3-12-8-6-10-16-17(12)22(2)20(26-16)21-18(23)14-11-13-7-4-5-9-15(13)25-19(14)24/h4-11H,3H2,1-2H3. The van der Waals surface area contributed by atoms with E-state index in [4.69, 9.17) is 4.42 Å². The molecule has 0 radical (unpaired) electrons. The molecule has 0 spiro atoms. The molecule has 0 saturated heterocycles. The van der Waals surface area contributed by atoms with Crippen LogP contribution in [0.4, 0.5) is 0 Å². The Labute approximate surface area is 152 Å². The Kier molecular flexibility index (Phi) is 4.05. The second kappa shape index (κ2) is 6.38. The Morgan fingerprint density at radius 1 is 1.19 bits per heavy atom. The molecule has 0 fully saturated rings. The summed E-state index contributed by atoms with van der Waals surface area (Å²) < 4.78 is 8.20. The first-order valence-corrected chi connectivity index (χ1v) is 9.09. The number of hydrogen-bond acceptors (Lipinski definition) is 4. The molecule has 0 atom stereocenters. The predicted octanol–water partition coefficient (Wildman–Crippen LogP) is 3.65. The van der Waals surface area contributed by atoms with Gasteiger partial charge < -0.3 is 8.98 Å². The predicted molar refractivity (Wildman–Crippen MR) is 103 cm³/mol. The quantitative estimate of drug-likeness (QED) is 0.510. The van der Waals surface area contributed by atoms with Crippen LogP contribution in [0.1, 0.15) is 22.8 Å². The summed E-state index contributed by atoms with van der Waals surface area (Å²) in [6.45, 7) is 2.09. The van der Waals surface area contributed by atoms with E-state index in [-0.39, 0.29) is 5.56 Å². The number of benzene rings is 2. The fourth-order valence-electron chi connectivity index (χ4n) is 3.03. The Morgan fingerprint density at radius 2 is 2.00 bits per heavy atom. The van der Waals surface area contributed by atoms with Gasteiger partial charge in [-0.1, -0.05) is 48.6 Å². The zero-order valence-electron chi connectivity index (χ0n) is 14.4. The average Bonchev–Trinajstić information content (AvgIpc) is 2.96. The number of hydrogen-bond donors (Lipinski definition) is 0. The summed E-state index contributed by atoms with van der Waals surface area (Å²) in [5, 5.41) is 0.694. The summed E-state index contributed by atoms with van der Waals surface area (Å²) in [6.07, 6.45) is 0.892. The van der Waals surface area contributed by atoms with Gasteiger partial charge in [0.05, 0.1) is 10.2 Å². The van der Waals surface area contributed by atoms with E-state index in [1.54, 1.807) is 18.2 Å². The van der Waals surface area contributed by atoms with Gasteiger partial charge in [0.25, 0.3) is 5.91 Å². The number of nitrogens with zero attached hydrogens (tertiary/aromatic N) is 2. The summed E-state index contributed by atoms with van der Waals surface area (Å²) in [6, 6.07) is 14.7. The zero-order valence-corrected chi connectivity index (χ0v) is 15.2. The fraction of sp³-hybridized carbons (Fsp3) is 0.150. The summed E-state index contributed by atoms with van der Waals surface area (Å²) in [5.74, 6) is -0.593. The minimum atomic E-state index is -0.671. The molecule has 0 N–H and O–H groups in total. The van der Waals surface area contributed by atoms with Crippen molar-refractivity contribution in [3.05, 3.63) is 74.9 Å². The van der Waals surface area contributed by atoms with Crippen molar-refractivity contribution in [2.75, 3.05) is 0 Å². The molecule has 2 aromatic carbocycles. The fourth-order valence-corrected chi connectivity index (χ4v) is 4.10. The maximum Gasteiger partial charge on any atom is 0.349 e. The summed E-state index contributed by atoms with van der Waals surface area (Å²) >= 11 is 1.43. The first-order chi connectivity index (χ1) is 12.6. The van der Waals surface area contributed by atoms with Crippen molar-refractivity contribution in [2.45, 2.75) is 13.3 Å². The number of thiazole rings is 1. The highest BCUT2D eigenvalue weighted by molar-refractivity contribution is 7.16. The van der Waals surface area contributed by atoms with Gasteiger partial charge in [-0.05, 0) is 30.2 Å². The first-order valence-electron chi connectivity index (χ1n) is 8.28. The number of fused-ring (bicyclic) bond motifs is 2. The lowest BCUT2D eigenvalue weighted by Crippen LogP contribution is -2.18. The Hall–Kier alpha value is -2.99. The molecule has 4 aromatic rings. The van der Waals surface area contributed by atoms with Gasteiger partial charge in [0.15, 0.2) is 4.80 Å². The number of carbonyl (C=O) groups excluding carboxylic acids is 1. The van der Waals surface area contributed by atoms with Gasteiger partial charge in [-0.2, -0.15) is 4.99 Å². The van der Waals surface area contributed by atoms with Crippen molar-refractivity contribution < 1.29 is 9.21 Å². The minimum Gasteiger partial charge on any atom is -0.422 e. The molecule has 0 unspecified atom stereocenters. The average molecular weight is 364 g/mol. The molecular formula is C20H16N2O3S. The van der Waals surface area contributed by atoms with E-state index in [9.17, 15) is 9.59 Å². The third-order valence-corrected chi connectivity index (χ3v) is 5.45. The SMILES string of the molecule is CCc1cccc2sc(=NC(=O)c3cc4ccccc4oc3=O)n(C)c12. The molecule has 6 heteroatoms. The summed E-state index contributed by atoms with van der Waals surface area (Å²) in [4.78, 5) is 29.5. The molecule has 130 valence electrons. The van der Waals surface area contributed by atoms with Gasteiger partial charge in [-0.15, -0.1) is 0 Å². The zero-order chi connectivity index (χ0) is 18.3. The van der Waals surface area contributed by atoms with Crippen molar-refractivity contribution >= 4 is 38.4 Å². The Balaban J connectivity index is 1.88. The number of aryl methyl sites for hydroxylation is 2. The summed E-state index contributed by atoms with van der Waals surface area (Å²) in [5.41, 5.74) is 1.99. The minimum absolute atomic E-state index is 0.0585. The van der Waals surface area contributed by atoms with Crippen LogP contribution in [-0.2, 0) is 13.5 Å². The maximum absolute atomic E-state index is 12.6. The van der Waals surface area contributed by atoms with Crippen LogP contribution < -0.4 is 10.4 Å². The first kappa shape index (κ1) is 16.5. The van der Waals surface area contributed by atoms with E-state index in [0.717, 1.165) is 16.6 Å². The van der Waals surface area contributed by atoms with Crippen LogP contribution in [0.3, 0.4) is 0 Å². The smallest absolute Gasteiger partial charge is 0.349 e. The number of aromatic nitrogens is 1. The number of para-hydroxylation sites is 2. The highest BCUT2D eigenvalue weighted by atomic mass is 32.1. The third kappa shape index (κ3) is 2.68. The van der Waals surface area contributed by atoms with Crippen molar-refractivity contribution in [1.29, 1.82) is 0 Å². The molecule has 2 heterocycles. The van der Waals surface area contributed by atoms with E-state index in [1.807, 2.05) is 29.8 Å².